The van der Waals surface area contributed by atoms with Crippen molar-refractivity contribution in [1.82, 2.24) is 14.8 Å². The van der Waals surface area contributed by atoms with Gasteiger partial charge in [-0.1, -0.05) is 24.3 Å². The van der Waals surface area contributed by atoms with Crippen molar-refractivity contribution in [3.8, 4) is 0 Å². The molecule has 154 valence electrons. The molecule has 0 saturated heterocycles. The molecule has 1 aromatic carbocycles. The van der Waals surface area contributed by atoms with E-state index >= 15 is 0 Å². The maximum absolute atomic E-state index is 13.0. The number of hydrogen-bond acceptors (Lipinski definition) is 6. The number of amides is 1. The predicted octanol–water partition coefficient (Wildman–Crippen LogP) is 4.32. The summed E-state index contributed by atoms with van der Waals surface area (Å²) in [5.41, 5.74) is 2.08. The number of rotatable bonds is 9. The Kier molecular flexibility index (Phi) is 7.88. The van der Waals surface area contributed by atoms with Gasteiger partial charge in [0.25, 0.3) is 5.91 Å². The van der Waals surface area contributed by atoms with Crippen LogP contribution in [0.4, 0.5) is 5.69 Å². The molecule has 0 aliphatic rings. The first-order valence-electron chi connectivity index (χ1n) is 9.63. The zero-order chi connectivity index (χ0) is 21.2. The molecule has 1 amide bonds. The van der Waals surface area contributed by atoms with E-state index in [2.05, 4.69) is 15.2 Å². The lowest BCUT2D eigenvalue weighted by Gasteiger charge is -2.24. The lowest BCUT2D eigenvalue weighted by Crippen LogP contribution is -2.40. The molecule has 2 N–H and O–H groups in total. The van der Waals surface area contributed by atoms with Gasteiger partial charge < -0.3 is 10.2 Å². The Balaban J connectivity index is 1.63. The number of thiophene rings is 1. The second-order valence-corrected chi connectivity index (χ2v) is 7.70. The van der Waals surface area contributed by atoms with Crippen LogP contribution in [0.2, 0.25) is 0 Å². The molecular formula is C23H25N5OS. The van der Waals surface area contributed by atoms with Crippen LogP contribution in [0.15, 0.2) is 84.6 Å². The highest BCUT2D eigenvalue weighted by molar-refractivity contribution is 7.12. The first kappa shape index (κ1) is 21.4. The van der Waals surface area contributed by atoms with Crippen LogP contribution in [-0.4, -0.2) is 46.7 Å². The quantitative estimate of drug-likeness (QED) is 0.400. The number of likely N-dealkylation sites (N-methyl/N-ethyl adjacent to an activating group) is 1. The van der Waals surface area contributed by atoms with Gasteiger partial charge in [-0.3, -0.25) is 20.1 Å². The highest BCUT2D eigenvalue weighted by Crippen LogP contribution is 2.13. The van der Waals surface area contributed by atoms with Crippen LogP contribution in [0.3, 0.4) is 0 Å². The molecule has 0 saturated carbocycles. The first-order valence-corrected chi connectivity index (χ1v) is 10.5. The molecule has 0 bridgehead atoms. The van der Waals surface area contributed by atoms with E-state index in [0.717, 1.165) is 17.8 Å². The zero-order valence-electron chi connectivity index (χ0n) is 16.9. The number of pyridine rings is 1. The lowest BCUT2D eigenvalue weighted by atomic mass is 10.2. The van der Waals surface area contributed by atoms with E-state index in [0.29, 0.717) is 18.0 Å². The number of carbonyl (C=O) groups excluding carboxylic acids is 1. The normalized spacial score (nSPS) is 11.0. The van der Waals surface area contributed by atoms with E-state index in [1.54, 1.807) is 30.7 Å². The van der Waals surface area contributed by atoms with Crippen molar-refractivity contribution < 1.29 is 4.79 Å². The molecule has 0 spiro atoms. The number of aromatic nitrogens is 1. The van der Waals surface area contributed by atoms with E-state index in [1.165, 1.54) is 16.2 Å². The minimum atomic E-state index is -0.156. The number of nitrogens with one attached hydrogen (secondary N) is 2. The van der Waals surface area contributed by atoms with Crippen LogP contribution in [0, 0.1) is 5.41 Å². The number of hydrogen-bond donors (Lipinski definition) is 2. The second kappa shape index (κ2) is 11.0. The van der Waals surface area contributed by atoms with Crippen molar-refractivity contribution in [3.05, 3.63) is 95.1 Å². The van der Waals surface area contributed by atoms with Gasteiger partial charge in [0.1, 0.15) is 5.84 Å². The smallest absolute Gasteiger partial charge is 0.269 e. The maximum Gasteiger partial charge on any atom is 0.269 e. The number of nitrogens with zero attached hydrogens (tertiary/aromatic N) is 3. The summed E-state index contributed by atoms with van der Waals surface area (Å²) < 4.78 is 0. The Bertz CT molecular complexity index is 958. The molecule has 2 heterocycles. The molecule has 0 fully saturated rings. The second-order valence-electron chi connectivity index (χ2n) is 6.76. The van der Waals surface area contributed by atoms with Crippen molar-refractivity contribution in [2.75, 3.05) is 25.5 Å². The molecule has 6 nitrogen and oxygen atoms in total. The van der Waals surface area contributed by atoms with Gasteiger partial charge in [-0.2, -0.15) is 0 Å². The Labute approximate surface area is 181 Å². The van der Waals surface area contributed by atoms with E-state index in [4.69, 9.17) is 5.41 Å². The molecule has 0 radical (unpaired) electrons. The van der Waals surface area contributed by atoms with E-state index in [9.17, 15) is 4.79 Å². The summed E-state index contributed by atoms with van der Waals surface area (Å²) in [6.45, 7) is 1.82. The molecule has 3 aromatic rings. The molecule has 0 aliphatic carbocycles. The summed E-state index contributed by atoms with van der Waals surface area (Å²) in [5, 5.41) is 13.5. The molecule has 7 heteroatoms. The van der Waals surface area contributed by atoms with Gasteiger partial charge in [0.2, 0.25) is 0 Å². The average molecular weight is 420 g/mol. The van der Waals surface area contributed by atoms with Crippen molar-refractivity contribution in [2.24, 2.45) is 0 Å². The molecule has 30 heavy (non-hydrogen) atoms. The topological polar surface area (TPSA) is 72.3 Å². The SMILES string of the molecule is CN(CCN(C(=N)/C=C\Nc1ccccc1)C(=O)c1cccs1)Cc1ccncc1. The largest absolute Gasteiger partial charge is 0.362 e. The summed E-state index contributed by atoms with van der Waals surface area (Å²) >= 11 is 1.39. The molecule has 0 unspecified atom stereocenters. The standard InChI is InChI=1S/C23H25N5OS/c1-27(18-19-9-12-25-13-10-19)15-16-28(23(29)21-8-5-17-30-21)22(24)11-14-26-20-6-3-2-4-7-20/h2-14,17,24,26H,15-16,18H2,1H3/b14-11-,24-22?. The van der Waals surface area contributed by atoms with Gasteiger partial charge in [0.05, 0.1) is 4.88 Å². The van der Waals surface area contributed by atoms with Crippen LogP contribution in [0.1, 0.15) is 15.2 Å². The Morgan fingerprint density at radius 3 is 2.57 bits per heavy atom. The number of anilines is 1. The van der Waals surface area contributed by atoms with Crippen molar-refractivity contribution in [1.29, 1.82) is 5.41 Å². The van der Waals surface area contributed by atoms with Crippen molar-refractivity contribution in [3.63, 3.8) is 0 Å². The summed E-state index contributed by atoms with van der Waals surface area (Å²) in [7, 11) is 2.00. The lowest BCUT2D eigenvalue weighted by molar-refractivity contribution is 0.0842. The van der Waals surface area contributed by atoms with E-state index in [1.807, 2.05) is 61.0 Å². The predicted molar refractivity (Wildman–Crippen MR) is 123 cm³/mol. The highest BCUT2D eigenvalue weighted by atomic mass is 32.1. The number of carbonyl (C=O) groups is 1. The minimum Gasteiger partial charge on any atom is -0.362 e. The fourth-order valence-electron chi connectivity index (χ4n) is 2.86. The highest BCUT2D eigenvalue weighted by Gasteiger charge is 2.20. The Hall–Kier alpha value is -3.29. The van der Waals surface area contributed by atoms with Gasteiger partial charge in [-0.05, 0) is 54.4 Å². The van der Waals surface area contributed by atoms with E-state index < -0.39 is 0 Å². The van der Waals surface area contributed by atoms with Gasteiger partial charge in [0.15, 0.2) is 0 Å². The summed E-state index contributed by atoms with van der Waals surface area (Å²) in [5.74, 6) is -0.00851. The van der Waals surface area contributed by atoms with Gasteiger partial charge in [-0.15, -0.1) is 11.3 Å². The first-order chi connectivity index (χ1) is 14.6. The van der Waals surface area contributed by atoms with Gasteiger partial charge >= 0.3 is 0 Å². The maximum atomic E-state index is 13.0. The Morgan fingerprint density at radius 2 is 1.87 bits per heavy atom. The van der Waals surface area contributed by atoms with Crippen molar-refractivity contribution >= 4 is 28.8 Å². The molecule has 0 aliphatic heterocycles. The third-order valence-corrected chi connectivity index (χ3v) is 5.30. The molecule has 2 aromatic heterocycles. The Morgan fingerprint density at radius 1 is 1.10 bits per heavy atom. The third kappa shape index (κ3) is 6.37. The number of amidine groups is 1. The third-order valence-electron chi connectivity index (χ3n) is 4.44. The number of para-hydroxylation sites is 1. The van der Waals surface area contributed by atoms with Crippen LogP contribution in [0.5, 0.6) is 0 Å². The molecule has 3 rings (SSSR count). The minimum absolute atomic E-state index is 0.147. The molecular weight excluding hydrogens is 394 g/mol. The van der Waals surface area contributed by atoms with Gasteiger partial charge in [0, 0.05) is 43.9 Å². The number of benzene rings is 1. The molecule has 0 atom stereocenters. The van der Waals surface area contributed by atoms with Crippen LogP contribution < -0.4 is 5.32 Å². The van der Waals surface area contributed by atoms with Crippen molar-refractivity contribution in [2.45, 2.75) is 6.54 Å². The van der Waals surface area contributed by atoms with Gasteiger partial charge in [-0.25, -0.2) is 0 Å². The van der Waals surface area contributed by atoms with Crippen LogP contribution in [0.25, 0.3) is 0 Å². The zero-order valence-corrected chi connectivity index (χ0v) is 17.7. The fourth-order valence-corrected chi connectivity index (χ4v) is 3.53. The van der Waals surface area contributed by atoms with Crippen LogP contribution in [-0.2, 0) is 6.54 Å². The van der Waals surface area contributed by atoms with E-state index in [-0.39, 0.29) is 11.7 Å². The van der Waals surface area contributed by atoms with Crippen LogP contribution >= 0.6 is 11.3 Å². The fraction of sp³-hybridized carbons (Fsp3) is 0.174. The summed E-state index contributed by atoms with van der Waals surface area (Å²) in [6, 6.07) is 17.3. The summed E-state index contributed by atoms with van der Waals surface area (Å²) in [6.07, 6.45) is 6.85. The summed E-state index contributed by atoms with van der Waals surface area (Å²) in [4.78, 5) is 21.3. The average Bonchev–Trinajstić information content (AvgIpc) is 3.30. The monoisotopic (exact) mass is 419 g/mol.